The number of rotatable bonds is 5. The Morgan fingerprint density at radius 1 is 1.32 bits per heavy atom. The van der Waals surface area contributed by atoms with Gasteiger partial charge in [0.25, 0.3) is 0 Å². The van der Waals surface area contributed by atoms with Gasteiger partial charge in [0.15, 0.2) is 0 Å². The second kappa shape index (κ2) is 7.82. The van der Waals surface area contributed by atoms with Gasteiger partial charge in [-0.3, -0.25) is 14.6 Å². The molecule has 3 saturated heterocycles. The highest BCUT2D eigenvalue weighted by atomic mass is 16.2. The number of likely N-dealkylation sites (tertiary alicyclic amines) is 2. The minimum atomic E-state index is -0.117. The molecule has 3 fully saturated rings. The van der Waals surface area contributed by atoms with E-state index in [-0.39, 0.29) is 23.3 Å². The second-order valence-electron chi connectivity index (χ2n) is 8.97. The molecular weight excluding hydrogens is 352 g/mol. The van der Waals surface area contributed by atoms with E-state index in [1.54, 1.807) is 6.20 Å². The van der Waals surface area contributed by atoms with Crippen molar-refractivity contribution >= 4 is 11.8 Å². The van der Waals surface area contributed by atoms with E-state index >= 15 is 0 Å². The van der Waals surface area contributed by atoms with Crippen LogP contribution >= 0.6 is 0 Å². The molecule has 28 heavy (non-hydrogen) atoms. The summed E-state index contributed by atoms with van der Waals surface area (Å²) in [5.41, 5.74) is 0.701. The Morgan fingerprint density at radius 3 is 2.79 bits per heavy atom. The quantitative estimate of drug-likeness (QED) is 0.839. The van der Waals surface area contributed by atoms with E-state index in [0.29, 0.717) is 18.3 Å². The molecule has 4 heterocycles. The molecule has 6 heteroatoms. The average molecular weight is 385 g/mol. The Balaban J connectivity index is 1.37. The lowest BCUT2D eigenvalue weighted by Crippen LogP contribution is -2.56. The number of nitrogens with one attached hydrogen (secondary N) is 1. The van der Waals surface area contributed by atoms with Gasteiger partial charge in [0, 0.05) is 56.1 Å². The minimum Gasteiger partial charge on any atom is -0.350 e. The van der Waals surface area contributed by atoms with E-state index in [1.807, 2.05) is 23.1 Å². The van der Waals surface area contributed by atoms with Gasteiger partial charge < -0.3 is 15.1 Å². The monoisotopic (exact) mass is 384 g/mol. The number of piperidine rings is 1. The van der Waals surface area contributed by atoms with Crippen molar-refractivity contribution in [2.75, 3.05) is 32.7 Å². The molecule has 1 N–H and O–H groups in total. The standard InChI is InChI=1S/C22H32N4O2/c1-3-16(2)13-25-14-18-19(15-25)22(24-21(18)28)7-10-26(11-8-22)20(27)12-17-6-4-5-9-23-17/h4-6,9,16,18-19H,3,7-8,10-15H2,1-2H3,(H,24,28)/t16-,18+,19-/m0/s1. The highest BCUT2D eigenvalue weighted by Crippen LogP contribution is 2.44. The van der Waals surface area contributed by atoms with Gasteiger partial charge in [-0.2, -0.15) is 0 Å². The van der Waals surface area contributed by atoms with Gasteiger partial charge in [-0.05, 0) is 30.9 Å². The topological polar surface area (TPSA) is 65.5 Å². The van der Waals surface area contributed by atoms with Gasteiger partial charge in [-0.1, -0.05) is 26.3 Å². The number of pyridine rings is 1. The smallest absolute Gasteiger partial charge is 0.228 e. The molecule has 4 rings (SSSR count). The first kappa shape index (κ1) is 19.4. The van der Waals surface area contributed by atoms with Crippen LogP contribution in [0.5, 0.6) is 0 Å². The lowest BCUT2D eigenvalue weighted by atomic mass is 9.75. The van der Waals surface area contributed by atoms with Crippen molar-refractivity contribution in [1.29, 1.82) is 0 Å². The van der Waals surface area contributed by atoms with Crippen LogP contribution in [0.1, 0.15) is 38.8 Å². The molecule has 1 spiro atoms. The number of nitrogens with zero attached hydrogens (tertiary/aromatic N) is 3. The number of carbonyl (C=O) groups is 2. The molecule has 1 aromatic heterocycles. The maximum Gasteiger partial charge on any atom is 0.228 e. The fourth-order valence-electron chi connectivity index (χ4n) is 5.28. The van der Waals surface area contributed by atoms with Crippen molar-refractivity contribution in [3.8, 4) is 0 Å². The first-order valence-electron chi connectivity index (χ1n) is 10.7. The molecule has 3 atom stereocenters. The van der Waals surface area contributed by atoms with Gasteiger partial charge in [-0.15, -0.1) is 0 Å². The molecule has 0 aliphatic carbocycles. The van der Waals surface area contributed by atoms with Crippen molar-refractivity contribution in [2.45, 2.75) is 45.1 Å². The molecule has 2 amide bonds. The molecule has 1 aromatic rings. The molecular formula is C22H32N4O2. The first-order valence-corrected chi connectivity index (χ1v) is 10.7. The Morgan fingerprint density at radius 2 is 2.11 bits per heavy atom. The Kier molecular flexibility index (Phi) is 5.41. The summed E-state index contributed by atoms with van der Waals surface area (Å²) in [5.74, 6) is 1.55. The van der Waals surface area contributed by atoms with E-state index in [0.717, 1.165) is 51.3 Å². The summed E-state index contributed by atoms with van der Waals surface area (Å²) in [7, 11) is 0. The third kappa shape index (κ3) is 3.66. The molecule has 0 bridgehead atoms. The summed E-state index contributed by atoms with van der Waals surface area (Å²) in [6.07, 6.45) is 4.99. The second-order valence-corrected chi connectivity index (χ2v) is 8.97. The van der Waals surface area contributed by atoms with Crippen molar-refractivity contribution in [3.63, 3.8) is 0 Å². The minimum absolute atomic E-state index is 0.117. The van der Waals surface area contributed by atoms with Gasteiger partial charge in [0.2, 0.25) is 11.8 Å². The summed E-state index contributed by atoms with van der Waals surface area (Å²) in [5, 5.41) is 3.35. The maximum atomic E-state index is 12.7. The maximum absolute atomic E-state index is 12.7. The van der Waals surface area contributed by atoms with E-state index in [2.05, 4.69) is 29.0 Å². The van der Waals surface area contributed by atoms with Crippen LogP contribution in [0.15, 0.2) is 24.4 Å². The molecule has 3 aliphatic rings. The lowest BCUT2D eigenvalue weighted by molar-refractivity contribution is -0.132. The molecule has 3 aliphatic heterocycles. The number of hydrogen-bond acceptors (Lipinski definition) is 4. The zero-order chi connectivity index (χ0) is 19.7. The fraction of sp³-hybridized carbons (Fsp3) is 0.682. The van der Waals surface area contributed by atoms with Crippen LogP contribution in [0.4, 0.5) is 0 Å². The predicted molar refractivity (Wildman–Crippen MR) is 108 cm³/mol. The van der Waals surface area contributed by atoms with E-state index in [4.69, 9.17) is 0 Å². The third-order valence-corrected chi connectivity index (χ3v) is 7.15. The molecule has 0 unspecified atom stereocenters. The van der Waals surface area contributed by atoms with Gasteiger partial charge in [0.05, 0.1) is 12.3 Å². The van der Waals surface area contributed by atoms with Crippen LogP contribution in [0.3, 0.4) is 0 Å². The molecule has 0 saturated carbocycles. The van der Waals surface area contributed by atoms with Gasteiger partial charge in [-0.25, -0.2) is 0 Å². The van der Waals surface area contributed by atoms with Crippen molar-refractivity contribution in [2.24, 2.45) is 17.8 Å². The SMILES string of the molecule is CC[C@H](C)CN1C[C@H]2C(=O)NC3(CCN(C(=O)Cc4ccccn4)CC3)[C@H]2C1. The first-order chi connectivity index (χ1) is 13.5. The summed E-state index contributed by atoms with van der Waals surface area (Å²) in [6.45, 7) is 8.95. The fourth-order valence-corrected chi connectivity index (χ4v) is 5.28. The van der Waals surface area contributed by atoms with Crippen LogP contribution < -0.4 is 5.32 Å². The van der Waals surface area contributed by atoms with E-state index in [9.17, 15) is 9.59 Å². The highest BCUT2D eigenvalue weighted by molar-refractivity contribution is 5.84. The molecule has 0 radical (unpaired) electrons. The van der Waals surface area contributed by atoms with Gasteiger partial charge in [0.1, 0.15) is 0 Å². The number of carbonyl (C=O) groups excluding carboxylic acids is 2. The van der Waals surface area contributed by atoms with Crippen LogP contribution in [0.2, 0.25) is 0 Å². The molecule has 152 valence electrons. The summed E-state index contributed by atoms with van der Waals surface area (Å²) < 4.78 is 0. The number of fused-ring (bicyclic) bond motifs is 2. The lowest BCUT2D eigenvalue weighted by Gasteiger charge is -2.43. The predicted octanol–water partition coefficient (Wildman–Crippen LogP) is 1.71. The summed E-state index contributed by atoms with van der Waals surface area (Å²) in [4.78, 5) is 34.0. The molecule has 6 nitrogen and oxygen atoms in total. The average Bonchev–Trinajstić information content (AvgIpc) is 3.22. The number of hydrogen-bond donors (Lipinski definition) is 1. The van der Waals surface area contributed by atoms with E-state index < -0.39 is 0 Å². The number of aromatic nitrogens is 1. The van der Waals surface area contributed by atoms with Crippen molar-refractivity contribution in [3.05, 3.63) is 30.1 Å². The van der Waals surface area contributed by atoms with Crippen LogP contribution in [-0.4, -0.2) is 64.9 Å². The number of amides is 2. The Labute approximate surface area is 167 Å². The van der Waals surface area contributed by atoms with Crippen LogP contribution in [0, 0.1) is 17.8 Å². The third-order valence-electron chi connectivity index (χ3n) is 7.15. The largest absolute Gasteiger partial charge is 0.350 e. The van der Waals surface area contributed by atoms with Crippen molar-refractivity contribution < 1.29 is 9.59 Å². The summed E-state index contributed by atoms with van der Waals surface area (Å²) >= 11 is 0. The van der Waals surface area contributed by atoms with Crippen LogP contribution in [-0.2, 0) is 16.0 Å². The van der Waals surface area contributed by atoms with E-state index in [1.165, 1.54) is 6.42 Å². The Bertz CT molecular complexity index is 715. The zero-order valence-electron chi connectivity index (χ0n) is 17.1. The highest BCUT2D eigenvalue weighted by Gasteiger charge is 2.57. The van der Waals surface area contributed by atoms with Gasteiger partial charge >= 0.3 is 0 Å². The normalized spacial score (nSPS) is 27.6. The Hall–Kier alpha value is -1.95. The zero-order valence-corrected chi connectivity index (χ0v) is 17.1. The van der Waals surface area contributed by atoms with Crippen molar-refractivity contribution in [1.82, 2.24) is 20.1 Å². The molecule has 0 aromatic carbocycles. The van der Waals surface area contributed by atoms with Crippen LogP contribution in [0.25, 0.3) is 0 Å². The summed E-state index contributed by atoms with van der Waals surface area (Å²) in [6, 6.07) is 5.68.